The van der Waals surface area contributed by atoms with Crippen molar-refractivity contribution in [3.05, 3.63) is 22.6 Å². The zero-order valence-electron chi connectivity index (χ0n) is 6.26. The van der Waals surface area contributed by atoms with Gasteiger partial charge in [-0.3, -0.25) is 0 Å². The molecule has 0 bridgehead atoms. The van der Waals surface area contributed by atoms with Gasteiger partial charge in [0.1, 0.15) is 0 Å². The number of nitrogens with two attached hydrogens (primary N) is 1. The second kappa shape index (κ2) is 3.84. The molecule has 56 valence electrons. The Hall–Kier alpha value is -0.210. The summed E-state index contributed by atoms with van der Waals surface area (Å²) in [6.07, 6.45) is 8.95. The van der Waals surface area contributed by atoms with Crippen molar-refractivity contribution >= 4 is 11.8 Å². The predicted molar refractivity (Wildman–Crippen MR) is 48.0 cm³/mol. The summed E-state index contributed by atoms with van der Waals surface area (Å²) < 4.78 is 0. The lowest BCUT2D eigenvalue weighted by atomic mass is 10.1. The van der Waals surface area contributed by atoms with Crippen molar-refractivity contribution in [1.82, 2.24) is 0 Å². The Bertz CT molecular complexity index is 150. The van der Waals surface area contributed by atoms with Crippen LogP contribution in [0.3, 0.4) is 0 Å². The molecule has 0 atom stereocenters. The molecule has 10 heavy (non-hydrogen) atoms. The second-order valence-corrected chi connectivity index (χ2v) is 3.13. The number of allylic oxidation sites excluding steroid dienone is 2. The van der Waals surface area contributed by atoms with E-state index in [0.717, 1.165) is 6.42 Å². The summed E-state index contributed by atoms with van der Waals surface area (Å²) in [5.41, 5.74) is 6.87. The van der Waals surface area contributed by atoms with Crippen molar-refractivity contribution in [3.63, 3.8) is 0 Å². The van der Waals surface area contributed by atoms with Crippen molar-refractivity contribution in [2.24, 2.45) is 5.73 Å². The molecule has 0 aromatic rings. The highest BCUT2D eigenvalue weighted by molar-refractivity contribution is 8.02. The third-order valence-electron chi connectivity index (χ3n) is 1.64. The van der Waals surface area contributed by atoms with Crippen LogP contribution in [0.25, 0.3) is 0 Å². The molecule has 0 spiro atoms. The first-order valence-electron chi connectivity index (χ1n) is 3.52. The van der Waals surface area contributed by atoms with Crippen molar-refractivity contribution < 1.29 is 0 Å². The standard InChI is InChI=1S/C8H13NS/c1-10-8-5-3-2-4-7(8)6-9/h4-5H,2-3,6,9H2,1H3. The first-order valence-corrected chi connectivity index (χ1v) is 4.74. The number of hydrogen-bond donors (Lipinski definition) is 1. The Morgan fingerprint density at radius 3 is 2.70 bits per heavy atom. The van der Waals surface area contributed by atoms with E-state index in [2.05, 4.69) is 18.4 Å². The van der Waals surface area contributed by atoms with Gasteiger partial charge in [-0.25, -0.2) is 0 Å². The molecule has 0 fully saturated rings. The zero-order valence-corrected chi connectivity index (χ0v) is 7.08. The molecule has 0 heterocycles. The van der Waals surface area contributed by atoms with Crippen molar-refractivity contribution in [3.8, 4) is 0 Å². The van der Waals surface area contributed by atoms with Gasteiger partial charge in [0.2, 0.25) is 0 Å². The lowest BCUT2D eigenvalue weighted by Crippen LogP contribution is -2.05. The quantitative estimate of drug-likeness (QED) is 0.659. The normalized spacial score (nSPS) is 18.2. The molecule has 0 saturated heterocycles. The molecule has 2 heteroatoms. The van der Waals surface area contributed by atoms with Gasteiger partial charge in [-0.1, -0.05) is 12.2 Å². The average molecular weight is 155 g/mol. The monoisotopic (exact) mass is 155 g/mol. The smallest absolute Gasteiger partial charge is 0.0185 e. The first-order chi connectivity index (χ1) is 4.88. The Balaban J connectivity index is 2.67. The molecule has 1 nitrogen and oxygen atoms in total. The molecule has 2 N–H and O–H groups in total. The van der Waals surface area contributed by atoms with E-state index in [1.807, 2.05) is 0 Å². The van der Waals surface area contributed by atoms with Gasteiger partial charge in [-0.15, -0.1) is 11.8 Å². The largest absolute Gasteiger partial charge is 0.326 e. The molecule has 0 aromatic heterocycles. The minimum Gasteiger partial charge on any atom is -0.326 e. The lowest BCUT2D eigenvalue weighted by molar-refractivity contribution is 0.990. The number of rotatable bonds is 2. The van der Waals surface area contributed by atoms with Crippen LogP contribution in [-0.2, 0) is 0 Å². The molecule has 0 saturated carbocycles. The summed E-state index contributed by atoms with van der Waals surface area (Å²) >= 11 is 1.79. The molecule has 1 aliphatic carbocycles. The fourth-order valence-electron chi connectivity index (χ4n) is 1.10. The fraction of sp³-hybridized carbons (Fsp3) is 0.500. The van der Waals surface area contributed by atoms with E-state index in [1.165, 1.54) is 16.9 Å². The van der Waals surface area contributed by atoms with Crippen molar-refractivity contribution in [2.75, 3.05) is 12.8 Å². The zero-order chi connectivity index (χ0) is 7.40. The minimum atomic E-state index is 0.687. The van der Waals surface area contributed by atoms with E-state index in [0.29, 0.717) is 6.54 Å². The molecule has 0 amide bonds. The highest BCUT2D eigenvalue weighted by Crippen LogP contribution is 2.25. The first kappa shape index (κ1) is 7.89. The predicted octanol–water partition coefficient (Wildman–Crippen LogP) is 1.91. The Morgan fingerprint density at radius 2 is 2.20 bits per heavy atom. The minimum absolute atomic E-state index is 0.687. The summed E-state index contributed by atoms with van der Waals surface area (Å²) in [7, 11) is 0. The Labute approximate surface area is 66.4 Å². The summed E-state index contributed by atoms with van der Waals surface area (Å²) in [4.78, 5) is 1.37. The number of thioether (sulfide) groups is 1. The maximum absolute atomic E-state index is 5.55. The number of hydrogen-bond acceptors (Lipinski definition) is 2. The van der Waals surface area contributed by atoms with Crippen LogP contribution in [0.5, 0.6) is 0 Å². The lowest BCUT2D eigenvalue weighted by Gasteiger charge is -2.11. The third kappa shape index (κ3) is 1.64. The highest BCUT2D eigenvalue weighted by Gasteiger charge is 2.04. The van der Waals surface area contributed by atoms with Crippen LogP contribution in [-0.4, -0.2) is 12.8 Å². The van der Waals surface area contributed by atoms with Gasteiger partial charge < -0.3 is 5.73 Å². The van der Waals surface area contributed by atoms with E-state index in [1.54, 1.807) is 11.8 Å². The van der Waals surface area contributed by atoms with Gasteiger partial charge in [-0.05, 0) is 24.7 Å². The van der Waals surface area contributed by atoms with E-state index in [-0.39, 0.29) is 0 Å². The van der Waals surface area contributed by atoms with Gasteiger partial charge in [0.15, 0.2) is 0 Å². The summed E-state index contributed by atoms with van der Waals surface area (Å²) in [6, 6.07) is 0. The van der Waals surface area contributed by atoms with Crippen molar-refractivity contribution in [2.45, 2.75) is 12.8 Å². The Morgan fingerprint density at radius 1 is 1.50 bits per heavy atom. The van der Waals surface area contributed by atoms with Gasteiger partial charge in [-0.2, -0.15) is 0 Å². The maximum atomic E-state index is 5.55. The molecule has 0 aromatic carbocycles. The Kier molecular flexibility index (Phi) is 3.03. The molecular formula is C8H13NS. The maximum Gasteiger partial charge on any atom is 0.0185 e. The van der Waals surface area contributed by atoms with E-state index < -0.39 is 0 Å². The van der Waals surface area contributed by atoms with Gasteiger partial charge >= 0.3 is 0 Å². The fourth-order valence-corrected chi connectivity index (χ4v) is 1.82. The molecule has 1 rings (SSSR count). The van der Waals surface area contributed by atoms with Crippen LogP contribution in [0.1, 0.15) is 12.8 Å². The molecule has 0 radical (unpaired) electrons. The third-order valence-corrected chi connectivity index (χ3v) is 2.51. The van der Waals surface area contributed by atoms with Gasteiger partial charge in [0.05, 0.1) is 0 Å². The molecule has 0 unspecified atom stereocenters. The van der Waals surface area contributed by atoms with Gasteiger partial charge in [0.25, 0.3) is 0 Å². The van der Waals surface area contributed by atoms with Crippen LogP contribution < -0.4 is 5.73 Å². The van der Waals surface area contributed by atoms with E-state index in [9.17, 15) is 0 Å². The van der Waals surface area contributed by atoms with Crippen LogP contribution in [0.4, 0.5) is 0 Å². The SMILES string of the molecule is CSC1=CCCC=C1CN. The summed E-state index contributed by atoms with van der Waals surface area (Å²) in [6.45, 7) is 0.687. The van der Waals surface area contributed by atoms with E-state index in [4.69, 9.17) is 5.73 Å². The van der Waals surface area contributed by atoms with Crippen LogP contribution in [0.15, 0.2) is 22.6 Å². The summed E-state index contributed by atoms with van der Waals surface area (Å²) in [5, 5.41) is 0. The van der Waals surface area contributed by atoms with E-state index >= 15 is 0 Å². The molecule has 0 aliphatic heterocycles. The topological polar surface area (TPSA) is 26.0 Å². The molecule has 1 aliphatic rings. The van der Waals surface area contributed by atoms with Crippen molar-refractivity contribution in [1.29, 1.82) is 0 Å². The van der Waals surface area contributed by atoms with Crippen LogP contribution in [0, 0.1) is 0 Å². The molecular weight excluding hydrogens is 142 g/mol. The average Bonchev–Trinajstić information content (AvgIpc) is 2.04. The highest BCUT2D eigenvalue weighted by atomic mass is 32.2. The van der Waals surface area contributed by atoms with Gasteiger partial charge in [0, 0.05) is 11.4 Å². The van der Waals surface area contributed by atoms with Crippen LogP contribution in [0.2, 0.25) is 0 Å². The summed E-state index contributed by atoms with van der Waals surface area (Å²) in [5.74, 6) is 0. The van der Waals surface area contributed by atoms with Crippen LogP contribution >= 0.6 is 11.8 Å². The second-order valence-electron chi connectivity index (χ2n) is 2.28.